The highest BCUT2D eigenvalue weighted by atomic mass is 31.2. The highest BCUT2D eigenvalue weighted by Gasteiger charge is 2.48. The third-order valence-electron chi connectivity index (χ3n) is 6.86. The van der Waals surface area contributed by atoms with Crippen LogP contribution in [0.2, 0.25) is 0 Å². The van der Waals surface area contributed by atoms with Crippen LogP contribution in [0.4, 0.5) is 0 Å². The third kappa shape index (κ3) is 21.6. The molecule has 0 fully saturated rings. The van der Waals surface area contributed by atoms with Crippen molar-refractivity contribution >= 4 is 7.60 Å². The lowest BCUT2D eigenvalue weighted by Crippen LogP contribution is -2.49. The molecule has 0 bridgehead atoms. The highest BCUT2D eigenvalue weighted by Crippen LogP contribution is 2.52. The van der Waals surface area contributed by atoms with Crippen molar-refractivity contribution in [3.8, 4) is 0 Å². The standard InChI is InChI=1S/C29H60NO4P/c1-5-6-7-8-9-10-11-12-13-14-15-16-17-18-19-20-21-22-23-24-25-26-27-29(31,35(32,33)34)28-30(2,3)4/h10-11,31H,5-9,12-28H2,1-4H3,(H-,32,33,34)/p+1/b11-10-. The Morgan fingerprint density at radius 1 is 0.629 bits per heavy atom. The average molecular weight is 519 g/mol. The maximum atomic E-state index is 11.8. The molecule has 0 aromatic carbocycles. The van der Waals surface area contributed by atoms with Crippen molar-refractivity contribution in [3.63, 3.8) is 0 Å². The van der Waals surface area contributed by atoms with Gasteiger partial charge in [0, 0.05) is 0 Å². The van der Waals surface area contributed by atoms with Crippen molar-refractivity contribution < 1.29 is 23.9 Å². The van der Waals surface area contributed by atoms with Gasteiger partial charge in [-0.3, -0.25) is 4.57 Å². The van der Waals surface area contributed by atoms with Gasteiger partial charge in [0.15, 0.2) is 0 Å². The number of rotatable bonds is 25. The van der Waals surface area contributed by atoms with Gasteiger partial charge in [0.25, 0.3) is 0 Å². The van der Waals surface area contributed by atoms with Crippen LogP contribution in [0.25, 0.3) is 0 Å². The van der Waals surface area contributed by atoms with E-state index in [-0.39, 0.29) is 13.0 Å². The molecule has 35 heavy (non-hydrogen) atoms. The maximum Gasteiger partial charge on any atom is 0.362 e. The largest absolute Gasteiger partial charge is 0.373 e. The molecule has 0 radical (unpaired) electrons. The molecular weight excluding hydrogens is 457 g/mol. The second-order valence-corrected chi connectivity index (χ2v) is 13.7. The van der Waals surface area contributed by atoms with Gasteiger partial charge in [-0.05, 0) is 38.5 Å². The quantitative estimate of drug-likeness (QED) is 0.0491. The summed E-state index contributed by atoms with van der Waals surface area (Å²) in [6, 6.07) is 0. The SMILES string of the molecule is CCCCCC/C=C\CCCCCCCCCCCCCCCCC(O)(C[N+](C)(C)C)P(=O)(O)O. The Labute approximate surface area is 218 Å². The van der Waals surface area contributed by atoms with Crippen molar-refractivity contribution in [1.29, 1.82) is 0 Å². The molecule has 0 spiro atoms. The van der Waals surface area contributed by atoms with E-state index in [4.69, 9.17) is 0 Å². The van der Waals surface area contributed by atoms with Crippen LogP contribution in [0.1, 0.15) is 142 Å². The number of quaternary nitrogens is 1. The molecule has 1 atom stereocenters. The number of hydrogen-bond donors (Lipinski definition) is 3. The zero-order valence-electron chi connectivity index (χ0n) is 23.9. The first-order chi connectivity index (χ1) is 16.5. The number of likely N-dealkylation sites (N-methyl/N-ethyl adjacent to an activating group) is 1. The van der Waals surface area contributed by atoms with Crippen molar-refractivity contribution in [2.24, 2.45) is 0 Å². The lowest BCUT2D eigenvalue weighted by atomic mass is 10.0. The molecule has 0 aromatic rings. The molecule has 0 saturated heterocycles. The van der Waals surface area contributed by atoms with Crippen molar-refractivity contribution in [3.05, 3.63) is 12.2 Å². The first-order valence-electron chi connectivity index (χ1n) is 14.8. The average Bonchev–Trinajstić information content (AvgIpc) is 2.75. The topological polar surface area (TPSA) is 77.8 Å². The number of unbranched alkanes of at least 4 members (excludes halogenated alkanes) is 18. The van der Waals surface area contributed by atoms with Gasteiger partial charge < -0.3 is 19.4 Å². The van der Waals surface area contributed by atoms with Crippen molar-refractivity contribution in [2.45, 2.75) is 147 Å². The molecule has 5 nitrogen and oxygen atoms in total. The molecule has 210 valence electrons. The van der Waals surface area contributed by atoms with Gasteiger partial charge in [0.1, 0.15) is 6.54 Å². The Hall–Kier alpha value is -0.190. The first kappa shape index (κ1) is 34.8. The van der Waals surface area contributed by atoms with E-state index < -0.39 is 12.9 Å². The van der Waals surface area contributed by atoms with E-state index in [0.29, 0.717) is 10.9 Å². The van der Waals surface area contributed by atoms with Gasteiger partial charge in [-0.1, -0.05) is 115 Å². The minimum absolute atomic E-state index is 0.0634. The Bertz CT molecular complexity index is 555. The summed E-state index contributed by atoms with van der Waals surface area (Å²) in [5.41, 5.74) is 0. The van der Waals surface area contributed by atoms with Gasteiger partial charge in [-0.15, -0.1) is 0 Å². The van der Waals surface area contributed by atoms with Crippen molar-refractivity contribution in [1.82, 2.24) is 0 Å². The molecule has 6 heteroatoms. The predicted molar refractivity (Wildman–Crippen MR) is 152 cm³/mol. The van der Waals surface area contributed by atoms with Crippen LogP contribution < -0.4 is 0 Å². The molecule has 0 amide bonds. The highest BCUT2D eigenvalue weighted by molar-refractivity contribution is 7.53. The monoisotopic (exact) mass is 518 g/mol. The molecule has 0 heterocycles. The predicted octanol–water partition coefficient (Wildman–Crippen LogP) is 8.33. The summed E-state index contributed by atoms with van der Waals surface area (Å²) >= 11 is 0. The Morgan fingerprint density at radius 3 is 1.31 bits per heavy atom. The minimum Gasteiger partial charge on any atom is -0.373 e. The lowest BCUT2D eigenvalue weighted by molar-refractivity contribution is -0.875. The van der Waals surface area contributed by atoms with E-state index in [9.17, 15) is 19.5 Å². The second kappa shape index (κ2) is 20.8. The number of hydrogen-bond acceptors (Lipinski definition) is 2. The van der Waals surface area contributed by atoms with Gasteiger partial charge in [-0.25, -0.2) is 0 Å². The normalized spacial score (nSPS) is 14.6. The van der Waals surface area contributed by atoms with E-state index in [1.165, 1.54) is 109 Å². The number of nitrogens with zero attached hydrogens (tertiary/aromatic N) is 1. The van der Waals surface area contributed by atoms with Gasteiger partial charge in [-0.2, -0.15) is 0 Å². The van der Waals surface area contributed by atoms with E-state index in [0.717, 1.165) is 12.8 Å². The molecule has 0 aliphatic carbocycles. The van der Waals surface area contributed by atoms with Crippen LogP contribution in [0.3, 0.4) is 0 Å². The third-order valence-corrected chi connectivity index (χ3v) is 8.31. The van der Waals surface area contributed by atoms with E-state index in [1.54, 1.807) is 0 Å². The molecule has 0 rings (SSSR count). The zero-order valence-corrected chi connectivity index (χ0v) is 24.7. The van der Waals surface area contributed by atoms with Gasteiger partial charge >= 0.3 is 7.60 Å². The van der Waals surface area contributed by atoms with Crippen LogP contribution in [-0.4, -0.2) is 52.4 Å². The molecule has 0 aromatic heterocycles. The number of aliphatic hydroxyl groups is 1. The van der Waals surface area contributed by atoms with Crippen LogP contribution in [-0.2, 0) is 4.57 Å². The Kier molecular flexibility index (Phi) is 20.7. The lowest BCUT2D eigenvalue weighted by Gasteiger charge is -2.35. The van der Waals surface area contributed by atoms with E-state index in [1.807, 2.05) is 21.1 Å². The summed E-state index contributed by atoms with van der Waals surface area (Å²) in [5.74, 6) is 0. The first-order valence-corrected chi connectivity index (χ1v) is 16.4. The fourth-order valence-corrected chi connectivity index (χ4v) is 5.85. The molecular formula is C29H61NO4P+. The van der Waals surface area contributed by atoms with Crippen LogP contribution in [0, 0.1) is 0 Å². The van der Waals surface area contributed by atoms with Crippen LogP contribution in [0.15, 0.2) is 12.2 Å². The van der Waals surface area contributed by atoms with E-state index >= 15 is 0 Å². The zero-order chi connectivity index (χ0) is 26.5. The smallest absolute Gasteiger partial charge is 0.362 e. The molecule has 3 N–H and O–H groups in total. The second-order valence-electron chi connectivity index (χ2n) is 11.8. The molecule has 0 saturated carbocycles. The summed E-state index contributed by atoms with van der Waals surface area (Å²) in [4.78, 5) is 19.2. The van der Waals surface area contributed by atoms with Crippen LogP contribution in [0.5, 0.6) is 0 Å². The number of allylic oxidation sites excluding steroid dienone is 2. The molecule has 0 aliphatic rings. The fourth-order valence-electron chi connectivity index (χ4n) is 4.79. The van der Waals surface area contributed by atoms with Gasteiger partial charge in [0.2, 0.25) is 5.34 Å². The van der Waals surface area contributed by atoms with E-state index in [2.05, 4.69) is 19.1 Å². The maximum absolute atomic E-state index is 11.8. The van der Waals surface area contributed by atoms with Gasteiger partial charge in [0.05, 0.1) is 21.1 Å². The summed E-state index contributed by atoms with van der Waals surface area (Å²) in [5, 5.41) is 8.66. The minimum atomic E-state index is -4.54. The van der Waals surface area contributed by atoms with Crippen LogP contribution >= 0.6 is 7.60 Å². The Balaban J connectivity index is 3.48. The summed E-state index contributed by atoms with van der Waals surface area (Å²) < 4.78 is 12.1. The molecule has 1 unspecified atom stereocenters. The van der Waals surface area contributed by atoms with Crippen molar-refractivity contribution in [2.75, 3.05) is 27.7 Å². The Morgan fingerprint density at radius 2 is 0.971 bits per heavy atom. The summed E-state index contributed by atoms with van der Waals surface area (Å²) in [7, 11) is 0.989. The summed E-state index contributed by atoms with van der Waals surface area (Å²) in [6.07, 6.45) is 30.2. The fraction of sp³-hybridized carbons (Fsp3) is 0.931. The summed E-state index contributed by atoms with van der Waals surface area (Å²) in [6.45, 7) is 2.33. The molecule has 0 aliphatic heterocycles.